The molecule has 1 aliphatic carbocycles. The predicted molar refractivity (Wildman–Crippen MR) is 96.6 cm³/mol. The fourth-order valence-electron chi connectivity index (χ4n) is 3.42. The van der Waals surface area contributed by atoms with Crippen molar-refractivity contribution in [2.45, 2.75) is 64.5 Å². The Morgan fingerprint density at radius 1 is 1.20 bits per heavy atom. The van der Waals surface area contributed by atoms with E-state index in [4.69, 9.17) is 9.47 Å². The zero-order valence-corrected chi connectivity index (χ0v) is 15.6. The van der Waals surface area contributed by atoms with E-state index in [9.17, 15) is 9.59 Å². The van der Waals surface area contributed by atoms with E-state index in [0.29, 0.717) is 11.5 Å². The molecule has 0 bridgehead atoms. The molecular formula is C20H29NO4. The number of esters is 1. The van der Waals surface area contributed by atoms with Gasteiger partial charge in [0.1, 0.15) is 5.60 Å². The van der Waals surface area contributed by atoms with Crippen LogP contribution in [0.4, 0.5) is 4.79 Å². The highest BCUT2D eigenvalue weighted by Gasteiger charge is 2.30. The maximum absolute atomic E-state index is 12.0. The Morgan fingerprint density at radius 3 is 2.60 bits per heavy atom. The van der Waals surface area contributed by atoms with Crippen LogP contribution in [0, 0.1) is 5.92 Å². The van der Waals surface area contributed by atoms with E-state index in [-0.39, 0.29) is 18.1 Å². The molecule has 1 saturated carbocycles. The summed E-state index contributed by atoms with van der Waals surface area (Å²) < 4.78 is 10.2. The average molecular weight is 347 g/mol. The summed E-state index contributed by atoms with van der Waals surface area (Å²) in [6.07, 6.45) is 4.53. The molecule has 2 atom stereocenters. The molecule has 5 heteroatoms. The van der Waals surface area contributed by atoms with Crippen LogP contribution in [0.25, 0.3) is 0 Å². The van der Waals surface area contributed by atoms with Crippen molar-refractivity contribution < 1.29 is 19.1 Å². The second-order valence-electron chi connectivity index (χ2n) is 7.63. The number of benzene rings is 1. The fraction of sp³-hybridized carbons (Fsp3) is 0.600. The van der Waals surface area contributed by atoms with E-state index in [0.717, 1.165) is 37.7 Å². The summed E-state index contributed by atoms with van der Waals surface area (Å²) >= 11 is 0. The Balaban J connectivity index is 1.94. The van der Waals surface area contributed by atoms with E-state index < -0.39 is 5.60 Å². The van der Waals surface area contributed by atoms with Crippen molar-refractivity contribution in [2.75, 3.05) is 7.11 Å². The lowest BCUT2D eigenvalue weighted by Crippen LogP contribution is -2.41. The summed E-state index contributed by atoms with van der Waals surface area (Å²) in [4.78, 5) is 23.9. The van der Waals surface area contributed by atoms with Gasteiger partial charge in [0.2, 0.25) is 0 Å². The molecule has 0 spiro atoms. The largest absolute Gasteiger partial charge is 0.465 e. The molecule has 1 fully saturated rings. The van der Waals surface area contributed by atoms with Crippen molar-refractivity contribution in [3.8, 4) is 0 Å². The summed E-state index contributed by atoms with van der Waals surface area (Å²) in [7, 11) is 1.40. The molecule has 1 aromatic carbocycles. The number of amides is 1. The number of rotatable bonds is 5. The molecule has 1 aliphatic rings. The highest BCUT2D eigenvalue weighted by atomic mass is 16.6. The monoisotopic (exact) mass is 347 g/mol. The van der Waals surface area contributed by atoms with Crippen LogP contribution in [0.5, 0.6) is 0 Å². The Labute approximate surface area is 150 Å². The maximum atomic E-state index is 12.0. The van der Waals surface area contributed by atoms with Crippen LogP contribution in [0.15, 0.2) is 24.3 Å². The first-order valence-electron chi connectivity index (χ1n) is 8.96. The quantitative estimate of drug-likeness (QED) is 0.815. The van der Waals surface area contributed by atoms with Crippen molar-refractivity contribution in [3.63, 3.8) is 0 Å². The van der Waals surface area contributed by atoms with Crippen LogP contribution in [-0.4, -0.2) is 30.8 Å². The standard InChI is InChI=1S/C20H29NO4/c1-20(2,3)25-19(23)21-17-11-7-9-15(17)13-12-14-8-5-6-10-16(14)18(22)24-4/h5-6,8,10,15,17H,7,9,11-13H2,1-4H3,(H,21,23)/t15-,17-/m0/s1. The van der Waals surface area contributed by atoms with Crippen LogP contribution >= 0.6 is 0 Å². The number of aryl methyl sites for hydroxylation is 1. The van der Waals surface area contributed by atoms with E-state index in [1.54, 1.807) is 6.07 Å². The first-order chi connectivity index (χ1) is 11.8. The Morgan fingerprint density at radius 2 is 1.92 bits per heavy atom. The van der Waals surface area contributed by atoms with E-state index in [1.807, 2.05) is 39.0 Å². The van der Waals surface area contributed by atoms with Gasteiger partial charge >= 0.3 is 12.1 Å². The van der Waals surface area contributed by atoms with Gasteiger partial charge in [-0.25, -0.2) is 9.59 Å². The molecule has 1 amide bonds. The van der Waals surface area contributed by atoms with Gasteiger partial charge in [-0.05, 0) is 64.0 Å². The summed E-state index contributed by atoms with van der Waals surface area (Å²) in [5, 5.41) is 3.02. The maximum Gasteiger partial charge on any atom is 0.407 e. The molecule has 1 aromatic rings. The lowest BCUT2D eigenvalue weighted by Gasteiger charge is -2.25. The number of nitrogens with one attached hydrogen (secondary N) is 1. The zero-order chi connectivity index (χ0) is 18.4. The summed E-state index contributed by atoms with van der Waals surface area (Å²) in [5.41, 5.74) is 1.13. The smallest absolute Gasteiger partial charge is 0.407 e. The van der Waals surface area contributed by atoms with Gasteiger partial charge in [0.15, 0.2) is 0 Å². The van der Waals surface area contributed by atoms with Gasteiger partial charge in [0, 0.05) is 6.04 Å². The first-order valence-corrected chi connectivity index (χ1v) is 8.96. The molecular weight excluding hydrogens is 318 g/mol. The van der Waals surface area contributed by atoms with Gasteiger partial charge < -0.3 is 14.8 Å². The first kappa shape index (κ1) is 19.3. The molecule has 0 aromatic heterocycles. The number of alkyl carbamates (subject to hydrolysis) is 1. The van der Waals surface area contributed by atoms with Crippen molar-refractivity contribution in [1.82, 2.24) is 5.32 Å². The highest BCUT2D eigenvalue weighted by molar-refractivity contribution is 5.90. The van der Waals surface area contributed by atoms with Crippen molar-refractivity contribution in [2.24, 2.45) is 5.92 Å². The molecule has 0 heterocycles. The van der Waals surface area contributed by atoms with Gasteiger partial charge in [-0.3, -0.25) is 0 Å². The van der Waals surface area contributed by atoms with E-state index >= 15 is 0 Å². The molecule has 0 radical (unpaired) electrons. The molecule has 25 heavy (non-hydrogen) atoms. The number of hydrogen-bond donors (Lipinski definition) is 1. The van der Waals surface area contributed by atoms with Gasteiger partial charge in [0.05, 0.1) is 12.7 Å². The zero-order valence-electron chi connectivity index (χ0n) is 15.6. The normalized spacial score (nSPS) is 20.2. The van der Waals surface area contributed by atoms with Gasteiger partial charge in [-0.2, -0.15) is 0 Å². The Bertz CT molecular complexity index is 606. The topological polar surface area (TPSA) is 64.6 Å². The van der Waals surface area contributed by atoms with Crippen molar-refractivity contribution in [3.05, 3.63) is 35.4 Å². The number of methoxy groups -OCH3 is 1. The SMILES string of the molecule is COC(=O)c1ccccc1CC[C@@H]1CCC[C@@H]1NC(=O)OC(C)(C)C. The number of hydrogen-bond acceptors (Lipinski definition) is 4. The van der Waals surface area contributed by atoms with Crippen LogP contribution in [0.1, 0.15) is 62.4 Å². The second kappa shape index (κ2) is 8.37. The number of ether oxygens (including phenoxy) is 2. The minimum absolute atomic E-state index is 0.139. The lowest BCUT2D eigenvalue weighted by atomic mass is 9.93. The third kappa shape index (κ3) is 5.76. The number of carbonyl (C=O) groups excluding carboxylic acids is 2. The minimum Gasteiger partial charge on any atom is -0.465 e. The average Bonchev–Trinajstić information content (AvgIpc) is 2.97. The summed E-state index contributed by atoms with van der Waals surface area (Å²) in [6, 6.07) is 7.69. The van der Waals surface area contributed by atoms with Crippen LogP contribution in [0.3, 0.4) is 0 Å². The Hall–Kier alpha value is -2.04. The van der Waals surface area contributed by atoms with E-state index in [1.165, 1.54) is 7.11 Å². The molecule has 0 saturated heterocycles. The molecule has 5 nitrogen and oxygen atoms in total. The fourth-order valence-corrected chi connectivity index (χ4v) is 3.42. The third-order valence-corrected chi connectivity index (χ3v) is 4.57. The minimum atomic E-state index is -0.488. The van der Waals surface area contributed by atoms with Crippen LogP contribution in [-0.2, 0) is 15.9 Å². The van der Waals surface area contributed by atoms with Gasteiger partial charge in [-0.15, -0.1) is 0 Å². The third-order valence-electron chi connectivity index (χ3n) is 4.57. The predicted octanol–water partition coefficient (Wildman–Crippen LogP) is 4.10. The van der Waals surface area contributed by atoms with Crippen molar-refractivity contribution in [1.29, 1.82) is 0 Å². The van der Waals surface area contributed by atoms with Gasteiger partial charge in [-0.1, -0.05) is 24.6 Å². The van der Waals surface area contributed by atoms with Crippen LogP contribution < -0.4 is 5.32 Å². The molecule has 0 unspecified atom stereocenters. The highest BCUT2D eigenvalue weighted by Crippen LogP contribution is 2.30. The molecule has 2 rings (SSSR count). The lowest BCUT2D eigenvalue weighted by molar-refractivity contribution is 0.0491. The molecule has 0 aliphatic heterocycles. The van der Waals surface area contributed by atoms with E-state index in [2.05, 4.69) is 5.32 Å². The van der Waals surface area contributed by atoms with Crippen molar-refractivity contribution >= 4 is 12.1 Å². The summed E-state index contributed by atoms with van der Waals surface area (Å²) in [6.45, 7) is 5.59. The Kier molecular flexibility index (Phi) is 6.45. The summed E-state index contributed by atoms with van der Waals surface area (Å²) in [5.74, 6) is 0.101. The number of carbonyl (C=O) groups is 2. The van der Waals surface area contributed by atoms with Gasteiger partial charge in [0.25, 0.3) is 0 Å². The molecule has 1 N–H and O–H groups in total. The second-order valence-corrected chi connectivity index (χ2v) is 7.63. The molecule has 138 valence electrons. The van der Waals surface area contributed by atoms with Crippen LogP contribution in [0.2, 0.25) is 0 Å².